The molecule has 0 saturated carbocycles. The Hall–Kier alpha value is -2.33. The van der Waals surface area contributed by atoms with Gasteiger partial charge in [-0.25, -0.2) is 4.79 Å². The molecule has 126 valence electrons. The molecule has 0 amide bonds. The van der Waals surface area contributed by atoms with Crippen LogP contribution in [0.3, 0.4) is 0 Å². The summed E-state index contributed by atoms with van der Waals surface area (Å²) in [6.45, 7) is 0.784. The van der Waals surface area contributed by atoms with Crippen LogP contribution in [-0.4, -0.2) is 25.7 Å². The Morgan fingerprint density at radius 3 is 2.79 bits per heavy atom. The van der Waals surface area contributed by atoms with Gasteiger partial charge in [0.25, 0.3) is 0 Å². The molecule has 24 heavy (non-hydrogen) atoms. The Morgan fingerprint density at radius 1 is 1.17 bits per heavy atom. The van der Waals surface area contributed by atoms with Crippen molar-refractivity contribution in [3.05, 3.63) is 65.2 Å². The van der Waals surface area contributed by atoms with Crippen molar-refractivity contribution in [2.75, 3.05) is 13.7 Å². The zero-order chi connectivity index (χ0) is 16.8. The Morgan fingerprint density at radius 2 is 2.00 bits per heavy atom. The normalized spacial score (nSPS) is 16.3. The first-order chi connectivity index (χ1) is 11.7. The molecule has 0 aromatic heterocycles. The number of benzene rings is 2. The SMILES string of the molecule is COC(=O)COc1ccc2c(c1)CNC(CCc1ccccc1)C2. The molecular weight excluding hydrogens is 302 g/mol. The van der Waals surface area contributed by atoms with E-state index < -0.39 is 0 Å². The third-order valence-corrected chi connectivity index (χ3v) is 4.43. The lowest BCUT2D eigenvalue weighted by Gasteiger charge is -2.26. The number of rotatable bonds is 6. The summed E-state index contributed by atoms with van der Waals surface area (Å²) in [5.74, 6) is 0.343. The summed E-state index contributed by atoms with van der Waals surface area (Å²) >= 11 is 0. The van der Waals surface area contributed by atoms with Crippen LogP contribution in [0.2, 0.25) is 0 Å². The lowest BCUT2D eigenvalue weighted by atomic mass is 9.92. The van der Waals surface area contributed by atoms with Crippen LogP contribution in [0.5, 0.6) is 5.75 Å². The summed E-state index contributed by atoms with van der Waals surface area (Å²) in [7, 11) is 1.36. The largest absolute Gasteiger partial charge is 0.482 e. The average Bonchev–Trinajstić information content (AvgIpc) is 2.65. The van der Waals surface area contributed by atoms with Crippen LogP contribution in [0.1, 0.15) is 23.1 Å². The van der Waals surface area contributed by atoms with E-state index in [0.29, 0.717) is 11.8 Å². The molecule has 0 fully saturated rings. The molecule has 1 atom stereocenters. The van der Waals surface area contributed by atoms with Gasteiger partial charge < -0.3 is 14.8 Å². The lowest BCUT2D eigenvalue weighted by molar-refractivity contribution is -0.142. The second kappa shape index (κ2) is 7.97. The molecule has 4 nitrogen and oxygen atoms in total. The van der Waals surface area contributed by atoms with Crippen molar-refractivity contribution in [1.82, 2.24) is 5.32 Å². The third kappa shape index (κ3) is 4.36. The maximum absolute atomic E-state index is 11.1. The first-order valence-corrected chi connectivity index (χ1v) is 8.33. The Labute approximate surface area is 142 Å². The summed E-state index contributed by atoms with van der Waals surface area (Å²) in [6.07, 6.45) is 3.25. The second-order valence-corrected chi connectivity index (χ2v) is 6.10. The topological polar surface area (TPSA) is 47.6 Å². The minimum atomic E-state index is -0.369. The molecule has 0 aliphatic carbocycles. The molecule has 0 radical (unpaired) electrons. The van der Waals surface area contributed by atoms with Crippen molar-refractivity contribution in [2.24, 2.45) is 0 Å². The minimum Gasteiger partial charge on any atom is -0.482 e. The van der Waals surface area contributed by atoms with Crippen LogP contribution in [0.25, 0.3) is 0 Å². The number of ether oxygens (including phenoxy) is 2. The molecule has 1 aliphatic heterocycles. The molecule has 0 saturated heterocycles. The molecule has 1 heterocycles. The van der Waals surface area contributed by atoms with Gasteiger partial charge in [0.15, 0.2) is 6.61 Å². The highest BCUT2D eigenvalue weighted by molar-refractivity contribution is 5.70. The molecule has 1 aliphatic rings. The van der Waals surface area contributed by atoms with Crippen LogP contribution in [0.15, 0.2) is 48.5 Å². The molecule has 1 N–H and O–H groups in total. The predicted octanol–water partition coefficient (Wildman–Crippen LogP) is 2.89. The van der Waals surface area contributed by atoms with Crippen LogP contribution in [0.4, 0.5) is 0 Å². The highest BCUT2D eigenvalue weighted by Crippen LogP contribution is 2.24. The fraction of sp³-hybridized carbons (Fsp3) is 0.350. The van der Waals surface area contributed by atoms with Gasteiger partial charge in [0.1, 0.15) is 5.75 Å². The number of fused-ring (bicyclic) bond motifs is 1. The highest BCUT2D eigenvalue weighted by Gasteiger charge is 2.18. The van der Waals surface area contributed by atoms with Gasteiger partial charge in [-0.1, -0.05) is 36.4 Å². The van der Waals surface area contributed by atoms with E-state index in [1.807, 2.05) is 12.1 Å². The number of carbonyl (C=O) groups excluding carboxylic acids is 1. The van der Waals surface area contributed by atoms with Crippen LogP contribution < -0.4 is 10.1 Å². The quantitative estimate of drug-likeness (QED) is 0.830. The van der Waals surface area contributed by atoms with Crippen molar-refractivity contribution in [3.8, 4) is 5.75 Å². The Bertz CT molecular complexity index is 685. The zero-order valence-electron chi connectivity index (χ0n) is 14.0. The van der Waals surface area contributed by atoms with Crippen LogP contribution >= 0.6 is 0 Å². The van der Waals surface area contributed by atoms with Crippen molar-refractivity contribution in [3.63, 3.8) is 0 Å². The monoisotopic (exact) mass is 325 g/mol. The van der Waals surface area contributed by atoms with Gasteiger partial charge in [-0.15, -0.1) is 0 Å². The summed E-state index contributed by atoms with van der Waals surface area (Å²) in [5, 5.41) is 3.60. The van der Waals surface area contributed by atoms with Gasteiger partial charge >= 0.3 is 5.97 Å². The number of methoxy groups -OCH3 is 1. The summed E-state index contributed by atoms with van der Waals surface area (Å²) in [6, 6.07) is 17.2. The van der Waals surface area contributed by atoms with Gasteiger partial charge in [-0.3, -0.25) is 0 Å². The fourth-order valence-corrected chi connectivity index (χ4v) is 3.04. The average molecular weight is 325 g/mol. The van der Waals surface area contributed by atoms with Crippen molar-refractivity contribution >= 4 is 5.97 Å². The summed E-state index contributed by atoms with van der Waals surface area (Å²) in [5.41, 5.74) is 3.99. The van der Waals surface area contributed by atoms with E-state index in [-0.39, 0.29) is 12.6 Å². The number of aryl methyl sites for hydroxylation is 1. The standard InChI is InChI=1S/C20H23NO3/c1-23-20(22)14-24-19-10-8-16-11-18(21-13-17(16)12-19)9-7-15-5-3-2-4-6-15/h2-6,8,10,12,18,21H,7,9,11,13-14H2,1H3. The molecule has 2 aromatic rings. The Balaban J connectivity index is 1.55. The van der Waals surface area contributed by atoms with E-state index in [0.717, 1.165) is 25.8 Å². The molecule has 4 heteroatoms. The van der Waals surface area contributed by atoms with Gasteiger partial charge in [-0.05, 0) is 48.1 Å². The van der Waals surface area contributed by atoms with Crippen molar-refractivity contribution in [1.29, 1.82) is 0 Å². The number of esters is 1. The van der Waals surface area contributed by atoms with Crippen molar-refractivity contribution in [2.45, 2.75) is 31.8 Å². The molecule has 1 unspecified atom stereocenters. The number of nitrogens with one attached hydrogen (secondary N) is 1. The molecule has 3 rings (SSSR count). The highest BCUT2D eigenvalue weighted by atomic mass is 16.6. The van der Waals surface area contributed by atoms with E-state index in [9.17, 15) is 4.79 Å². The molecule has 0 spiro atoms. The third-order valence-electron chi connectivity index (χ3n) is 4.43. The minimum absolute atomic E-state index is 0.0532. The van der Waals surface area contributed by atoms with E-state index in [2.05, 4.69) is 46.5 Å². The fourth-order valence-electron chi connectivity index (χ4n) is 3.04. The van der Waals surface area contributed by atoms with Gasteiger partial charge in [-0.2, -0.15) is 0 Å². The zero-order valence-corrected chi connectivity index (χ0v) is 14.0. The number of hydrogen-bond donors (Lipinski definition) is 1. The number of hydrogen-bond acceptors (Lipinski definition) is 4. The predicted molar refractivity (Wildman–Crippen MR) is 93.0 cm³/mol. The molecule has 2 aromatic carbocycles. The summed E-state index contributed by atoms with van der Waals surface area (Å²) in [4.78, 5) is 11.1. The Kier molecular flexibility index (Phi) is 5.49. The first-order valence-electron chi connectivity index (χ1n) is 8.33. The molecular formula is C20H23NO3. The lowest BCUT2D eigenvalue weighted by Crippen LogP contribution is -2.35. The number of carbonyl (C=O) groups is 1. The second-order valence-electron chi connectivity index (χ2n) is 6.10. The molecule has 0 bridgehead atoms. The van der Waals surface area contributed by atoms with Crippen LogP contribution in [-0.2, 0) is 28.9 Å². The summed E-state index contributed by atoms with van der Waals surface area (Å²) < 4.78 is 10.0. The van der Waals surface area contributed by atoms with E-state index in [1.54, 1.807) is 0 Å². The smallest absolute Gasteiger partial charge is 0.343 e. The first kappa shape index (κ1) is 16.5. The van der Waals surface area contributed by atoms with Gasteiger partial charge in [0.05, 0.1) is 7.11 Å². The van der Waals surface area contributed by atoms with E-state index >= 15 is 0 Å². The van der Waals surface area contributed by atoms with Gasteiger partial charge in [0, 0.05) is 12.6 Å². The van der Waals surface area contributed by atoms with Gasteiger partial charge in [0.2, 0.25) is 0 Å². The van der Waals surface area contributed by atoms with E-state index in [1.165, 1.54) is 23.8 Å². The maximum atomic E-state index is 11.1. The van der Waals surface area contributed by atoms with Crippen LogP contribution in [0, 0.1) is 0 Å². The maximum Gasteiger partial charge on any atom is 0.343 e. The van der Waals surface area contributed by atoms with E-state index in [4.69, 9.17) is 4.74 Å². The van der Waals surface area contributed by atoms with Crippen molar-refractivity contribution < 1.29 is 14.3 Å².